The molecule has 2 saturated carbocycles. The molecule has 0 radical (unpaired) electrons. The molecule has 0 aromatic heterocycles. The van der Waals surface area contributed by atoms with Gasteiger partial charge in [0.15, 0.2) is 0 Å². The molecular formula is C10H20N2O. The Hall–Kier alpha value is -0.120. The van der Waals surface area contributed by atoms with Gasteiger partial charge >= 0.3 is 0 Å². The quantitative estimate of drug-likeness (QED) is 0.659. The van der Waals surface area contributed by atoms with E-state index in [1.807, 2.05) is 0 Å². The smallest absolute Gasteiger partial charge is 0.0604 e. The predicted molar refractivity (Wildman–Crippen MR) is 52.6 cm³/mol. The van der Waals surface area contributed by atoms with Crippen molar-refractivity contribution in [3.05, 3.63) is 0 Å². The van der Waals surface area contributed by atoms with Crippen molar-refractivity contribution in [2.24, 2.45) is 5.73 Å². The van der Waals surface area contributed by atoms with E-state index < -0.39 is 0 Å². The molecule has 2 rings (SSSR count). The zero-order valence-corrected chi connectivity index (χ0v) is 8.38. The average Bonchev–Trinajstić information content (AvgIpc) is 2.74. The van der Waals surface area contributed by atoms with Gasteiger partial charge in [0.2, 0.25) is 0 Å². The maximum Gasteiger partial charge on any atom is 0.0604 e. The number of hydrogen-bond acceptors (Lipinski definition) is 3. The highest BCUT2D eigenvalue weighted by Gasteiger charge is 2.39. The fraction of sp³-hybridized carbons (Fsp3) is 1.00. The van der Waals surface area contributed by atoms with E-state index in [-0.39, 0.29) is 5.54 Å². The zero-order valence-electron chi connectivity index (χ0n) is 8.38. The van der Waals surface area contributed by atoms with E-state index >= 15 is 0 Å². The summed E-state index contributed by atoms with van der Waals surface area (Å²) in [5, 5.41) is 3.50. The molecule has 2 aliphatic rings. The van der Waals surface area contributed by atoms with Gasteiger partial charge in [-0.15, -0.1) is 0 Å². The maximum absolute atomic E-state index is 5.97. The minimum Gasteiger partial charge on any atom is -0.378 e. The first-order chi connectivity index (χ1) is 6.22. The first kappa shape index (κ1) is 9.44. The third kappa shape index (κ3) is 2.42. The van der Waals surface area contributed by atoms with Gasteiger partial charge in [-0.05, 0) is 32.6 Å². The fourth-order valence-corrected chi connectivity index (χ4v) is 1.79. The summed E-state index contributed by atoms with van der Waals surface area (Å²) in [6.45, 7) is 3.90. The van der Waals surface area contributed by atoms with Gasteiger partial charge in [-0.1, -0.05) is 0 Å². The molecule has 0 aromatic rings. The lowest BCUT2D eigenvalue weighted by atomic mass is 9.89. The molecule has 13 heavy (non-hydrogen) atoms. The number of nitrogens with one attached hydrogen (secondary N) is 1. The Morgan fingerprint density at radius 3 is 2.69 bits per heavy atom. The molecule has 2 aliphatic carbocycles. The van der Waals surface area contributed by atoms with Crippen molar-refractivity contribution >= 4 is 0 Å². The van der Waals surface area contributed by atoms with Crippen molar-refractivity contribution in [3.8, 4) is 0 Å². The van der Waals surface area contributed by atoms with Crippen molar-refractivity contribution in [2.45, 2.75) is 50.3 Å². The van der Waals surface area contributed by atoms with Crippen LogP contribution in [0.2, 0.25) is 0 Å². The van der Waals surface area contributed by atoms with Crippen LogP contribution in [-0.2, 0) is 4.74 Å². The molecule has 0 unspecified atom stereocenters. The number of hydrogen-bond donors (Lipinski definition) is 2. The highest BCUT2D eigenvalue weighted by Crippen LogP contribution is 2.32. The van der Waals surface area contributed by atoms with E-state index in [4.69, 9.17) is 10.5 Å². The van der Waals surface area contributed by atoms with E-state index in [1.54, 1.807) is 0 Å². The first-order valence-corrected chi connectivity index (χ1v) is 5.36. The van der Waals surface area contributed by atoms with Crippen LogP contribution in [0.15, 0.2) is 0 Å². The third-order valence-corrected chi connectivity index (χ3v) is 3.13. The standard InChI is InChI=1S/C10H20N2O/c1-2-13-9-5-8(6-9)12-7-10(11)3-4-10/h8-9,12H,2-7,11H2,1H3. The Morgan fingerprint density at radius 2 is 2.15 bits per heavy atom. The Morgan fingerprint density at radius 1 is 1.46 bits per heavy atom. The van der Waals surface area contributed by atoms with Gasteiger partial charge in [0.25, 0.3) is 0 Å². The Labute approximate surface area is 80.0 Å². The summed E-state index contributed by atoms with van der Waals surface area (Å²) in [6.07, 6.45) is 5.24. The average molecular weight is 184 g/mol. The molecule has 0 heterocycles. The van der Waals surface area contributed by atoms with Gasteiger partial charge in [0, 0.05) is 24.7 Å². The lowest BCUT2D eigenvalue weighted by Gasteiger charge is -2.36. The van der Waals surface area contributed by atoms with E-state index in [9.17, 15) is 0 Å². The van der Waals surface area contributed by atoms with E-state index in [1.165, 1.54) is 25.7 Å². The van der Waals surface area contributed by atoms with Crippen LogP contribution >= 0.6 is 0 Å². The van der Waals surface area contributed by atoms with Gasteiger partial charge in [0.1, 0.15) is 0 Å². The minimum absolute atomic E-state index is 0.150. The van der Waals surface area contributed by atoms with Gasteiger partial charge in [0.05, 0.1) is 6.10 Å². The van der Waals surface area contributed by atoms with Crippen LogP contribution in [0.25, 0.3) is 0 Å². The van der Waals surface area contributed by atoms with Gasteiger partial charge in [-0.2, -0.15) is 0 Å². The molecular weight excluding hydrogens is 164 g/mol. The summed E-state index contributed by atoms with van der Waals surface area (Å²) in [7, 11) is 0. The largest absolute Gasteiger partial charge is 0.378 e. The van der Waals surface area contributed by atoms with Crippen molar-refractivity contribution in [3.63, 3.8) is 0 Å². The topological polar surface area (TPSA) is 47.3 Å². The Bertz CT molecular complexity index is 174. The Kier molecular flexibility index (Phi) is 2.58. The van der Waals surface area contributed by atoms with Crippen molar-refractivity contribution in [2.75, 3.05) is 13.2 Å². The highest BCUT2D eigenvalue weighted by molar-refractivity contribution is 5.02. The summed E-state index contributed by atoms with van der Waals surface area (Å²) >= 11 is 0. The van der Waals surface area contributed by atoms with Crippen LogP contribution in [-0.4, -0.2) is 30.8 Å². The van der Waals surface area contributed by atoms with Gasteiger partial charge in [-0.3, -0.25) is 0 Å². The number of ether oxygens (including phenoxy) is 1. The summed E-state index contributed by atoms with van der Waals surface area (Å²) < 4.78 is 5.48. The second-order valence-electron chi connectivity index (χ2n) is 4.49. The van der Waals surface area contributed by atoms with Crippen LogP contribution in [0.3, 0.4) is 0 Å². The molecule has 2 fully saturated rings. The summed E-state index contributed by atoms with van der Waals surface area (Å²) in [5.74, 6) is 0. The Balaban J connectivity index is 1.54. The minimum atomic E-state index is 0.150. The second-order valence-corrected chi connectivity index (χ2v) is 4.49. The highest BCUT2D eigenvalue weighted by atomic mass is 16.5. The van der Waals surface area contributed by atoms with Crippen LogP contribution in [0.5, 0.6) is 0 Å². The molecule has 0 atom stereocenters. The second kappa shape index (κ2) is 3.56. The van der Waals surface area contributed by atoms with E-state index in [0.717, 1.165) is 13.2 Å². The molecule has 0 bridgehead atoms. The molecule has 0 saturated heterocycles. The fourth-order valence-electron chi connectivity index (χ4n) is 1.79. The molecule has 0 aromatic carbocycles. The van der Waals surface area contributed by atoms with E-state index in [2.05, 4.69) is 12.2 Å². The molecule has 0 aliphatic heterocycles. The van der Waals surface area contributed by atoms with Crippen molar-refractivity contribution in [1.29, 1.82) is 0 Å². The number of rotatable bonds is 5. The normalized spacial score (nSPS) is 35.5. The van der Waals surface area contributed by atoms with Crippen LogP contribution in [0.4, 0.5) is 0 Å². The summed E-state index contributed by atoms with van der Waals surface area (Å²) in [6, 6.07) is 0.664. The molecule has 3 heteroatoms. The molecule has 0 amide bonds. The van der Waals surface area contributed by atoms with Crippen molar-refractivity contribution in [1.82, 2.24) is 5.32 Å². The third-order valence-electron chi connectivity index (χ3n) is 3.13. The zero-order chi connectivity index (χ0) is 9.31. The SMILES string of the molecule is CCOC1CC(NCC2(N)CC2)C1. The number of nitrogens with two attached hydrogens (primary N) is 1. The molecule has 3 nitrogen and oxygen atoms in total. The van der Waals surface area contributed by atoms with Crippen LogP contribution in [0.1, 0.15) is 32.6 Å². The summed E-state index contributed by atoms with van der Waals surface area (Å²) in [4.78, 5) is 0. The maximum atomic E-state index is 5.97. The lowest BCUT2D eigenvalue weighted by molar-refractivity contribution is -0.0101. The molecule has 76 valence electrons. The first-order valence-electron chi connectivity index (χ1n) is 5.36. The van der Waals surface area contributed by atoms with Gasteiger partial charge in [-0.25, -0.2) is 0 Å². The summed E-state index contributed by atoms with van der Waals surface area (Å²) in [5.41, 5.74) is 6.12. The van der Waals surface area contributed by atoms with Crippen LogP contribution < -0.4 is 11.1 Å². The van der Waals surface area contributed by atoms with Crippen molar-refractivity contribution < 1.29 is 4.74 Å². The van der Waals surface area contributed by atoms with Crippen LogP contribution in [0, 0.1) is 0 Å². The molecule has 3 N–H and O–H groups in total. The van der Waals surface area contributed by atoms with E-state index in [0.29, 0.717) is 12.1 Å². The predicted octanol–water partition coefficient (Wildman–Crippen LogP) is 0.635. The van der Waals surface area contributed by atoms with Gasteiger partial charge < -0.3 is 15.8 Å². The monoisotopic (exact) mass is 184 g/mol. The lowest BCUT2D eigenvalue weighted by Crippen LogP contribution is -2.49. The molecule has 0 spiro atoms.